The third kappa shape index (κ3) is 2.42. The molecule has 86 valence electrons. The van der Waals surface area contributed by atoms with E-state index in [4.69, 9.17) is 0 Å². The smallest absolute Gasteiger partial charge is 0.0461 e. The number of carboxylic acids is 1. The van der Waals surface area contributed by atoms with Crippen LogP contribution in [0.5, 0.6) is 0 Å². The molecule has 0 spiro atoms. The molecular formula is C13H16NO2-. The Balaban J connectivity index is 1.96. The minimum Gasteiger partial charge on any atom is -0.550 e. The number of hydrogen-bond donors (Lipinski definition) is 0. The van der Waals surface area contributed by atoms with Crippen molar-refractivity contribution in [2.45, 2.75) is 13.5 Å². The van der Waals surface area contributed by atoms with Crippen LogP contribution >= 0.6 is 0 Å². The van der Waals surface area contributed by atoms with Crippen LogP contribution in [0.25, 0.3) is 0 Å². The lowest BCUT2D eigenvalue weighted by Crippen LogP contribution is -2.35. The summed E-state index contributed by atoms with van der Waals surface area (Å²) in [5.74, 6) is -1.04. The second-order valence-electron chi connectivity index (χ2n) is 4.58. The maximum Gasteiger partial charge on any atom is 0.0461 e. The molecular weight excluding hydrogens is 202 g/mol. The third-order valence-corrected chi connectivity index (χ3v) is 3.24. The van der Waals surface area contributed by atoms with Crippen molar-refractivity contribution in [1.82, 2.24) is 4.90 Å². The molecule has 2 rings (SSSR count). The molecule has 1 aliphatic heterocycles. The Hall–Kier alpha value is -1.35. The average molecular weight is 218 g/mol. The van der Waals surface area contributed by atoms with Gasteiger partial charge in [0.25, 0.3) is 0 Å². The van der Waals surface area contributed by atoms with Crippen LogP contribution in [0, 0.1) is 11.8 Å². The van der Waals surface area contributed by atoms with E-state index in [0.717, 1.165) is 13.1 Å². The molecule has 2 atom stereocenters. The summed E-state index contributed by atoms with van der Waals surface area (Å²) in [5.41, 5.74) is 1.23. The first-order valence-corrected chi connectivity index (χ1v) is 5.64. The van der Waals surface area contributed by atoms with Crippen molar-refractivity contribution in [1.29, 1.82) is 0 Å². The van der Waals surface area contributed by atoms with Gasteiger partial charge in [-0.1, -0.05) is 37.3 Å². The second-order valence-corrected chi connectivity index (χ2v) is 4.58. The molecule has 0 aromatic heterocycles. The molecule has 0 radical (unpaired) electrons. The minimum atomic E-state index is -0.914. The molecule has 16 heavy (non-hydrogen) atoms. The molecule has 0 N–H and O–H groups in total. The van der Waals surface area contributed by atoms with Crippen molar-refractivity contribution in [3.05, 3.63) is 35.9 Å². The van der Waals surface area contributed by atoms with E-state index in [0.29, 0.717) is 6.54 Å². The molecule has 1 aliphatic rings. The first-order chi connectivity index (χ1) is 7.66. The van der Waals surface area contributed by atoms with Gasteiger partial charge >= 0.3 is 0 Å². The number of likely N-dealkylation sites (tertiary alicyclic amines) is 1. The van der Waals surface area contributed by atoms with Gasteiger partial charge in [0.2, 0.25) is 0 Å². The fourth-order valence-electron chi connectivity index (χ4n) is 2.34. The van der Waals surface area contributed by atoms with Gasteiger partial charge in [-0.15, -0.1) is 0 Å². The minimum absolute atomic E-state index is 0.189. The fourth-order valence-corrected chi connectivity index (χ4v) is 2.34. The molecule has 1 saturated heterocycles. The SMILES string of the molecule is C[C@H]1CN(Cc2ccccc2)C[C@@H]1C(=O)[O-]. The molecule has 0 saturated carbocycles. The molecule has 1 aromatic carbocycles. The summed E-state index contributed by atoms with van der Waals surface area (Å²) in [5, 5.41) is 10.9. The lowest BCUT2D eigenvalue weighted by Gasteiger charge is -2.16. The Morgan fingerprint density at radius 3 is 2.62 bits per heavy atom. The van der Waals surface area contributed by atoms with Gasteiger partial charge in [0.1, 0.15) is 0 Å². The van der Waals surface area contributed by atoms with Gasteiger partial charge < -0.3 is 9.90 Å². The molecule has 1 aromatic rings. The topological polar surface area (TPSA) is 43.4 Å². The number of carbonyl (C=O) groups excluding carboxylic acids is 1. The highest BCUT2D eigenvalue weighted by molar-refractivity contribution is 5.68. The summed E-state index contributed by atoms with van der Waals surface area (Å²) in [6, 6.07) is 10.1. The standard InChI is InChI=1S/C13H17NO2/c1-10-7-14(9-12(10)13(15)16)8-11-5-3-2-4-6-11/h2-6,10,12H,7-9H2,1H3,(H,15,16)/p-1/t10-,12-/m0/s1. The molecule has 3 nitrogen and oxygen atoms in total. The summed E-state index contributed by atoms with van der Waals surface area (Å²) in [7, 11) is 0. The van der Waals surface area contributed by atoms with Gasteiger partial charge in [0.15, 0.2) is 0 Å². The highest BCUT2D eigenvalue weighted by Crippen LogP contribution is 2.23. The van der Waals surface area contributed by atoms with E-state index in [2.05, 4.69) is 17.0 Å². The van der Waals surface area contributed by atoms with Gasteiger partial charge in [-0.2, -0.15) is 0 Å². The van der Waals surface area contributed by atoms with E-state index in [-0.39, 0.29) is 11.8 Å². The molecule has 0 unspecified atom stereocenters. The van der Waals surface area contributed by atoms with E-state index < -0.39 is 5.97 Å². The van der Waals surface area contributed by atoms with Crippen LogP contribution in [-0.4, -0.2) is 24.0 Å². The van der Waals surface area contributed by atoms with Gasteiger partial charge in [0.05, 0.1) is 0 Å². The highest BCUT2D eigenvalue weighted by Gasteiger charge is 2.30. The Morgan fingerprint density at radius 1 is 1.38 bits per heavy atom. The molecule has 0 bridgehead atoms. The number of carboxylic acid groups (broad SMARTS) is 1. The van der Waals surface area contributed by atoms with Crippen molar-refractivity contribution < 1.29 is 9.90 Å². The Labute approximate surface area is 95.7 Å². The Morgan fingerprint density at radius 2 is 2.06 bits per heavy atom. The molecule has 1 fully saturated rings. The maximum absolute atomic E-state index is 10.9. The summed E-state index contributed by atoms with van der Waals surface area (Å²) < 4.78 is 0. The van der Waals surface area contributed by atoms with E-state index in [1.165, 1.54) is 5.56 Å². The summed E-state index contributed by atoms with van der Waals surface area (Å²) in [6.45, 7) is 4.26. The normalized spacial score (nSPS) is 25.8. The van der Waals surface area contributed by atoms with Crippen LogP contribution in [-0.2, 0) is 11.3 Å². The molecule has 1 heterocycles. The lowest BCUT2D eigenvalue weighted by molar-refractivity contribution is -0.312. The van der Waals surface area contributed by atoms with E-state index in [1.54, 1.807) is 0 Å². The second kappa shape index (κ2) is 4.66. The number of rotatable bonds is 3. The number of nitrogens with zero attached hydrogens (tertiary/aromatic N) is 1. The summed E-state index contributed by atoms with van der Waals surface area (Å²) in [6.07, 6.45) is 0. The maximum atomic E-state index is 10.9. The predicted octanol–water partition coefficient (Wildman–Crippen LogP) is 0.504. The van der Waals surface area contributed by atoms with Gasteiger partial charge in [-0.25, -0.2) is 0 Å². The zero-order chi connectivity index (χ0) is 11.5. The van der Waals surface area contributed by atoms with E-state index in [1.807, 2.05) is 25.1 Å². The summed E-state index contributed by atoms with van der Waals surface area (Å²) >= 11 is 0. The first-order valence-electron chi connectivity index (χ1n) is 5.64. The summed E-state index contributed by atoms with van der Waals surface area (Å²) in [4.78, 5) is 13.1. The van der Waals surface area contributed by atoms with Crippen LogP contribution in [0.1, 0.15) is 12.5 Å². The van der Waals surface area contributed by atoms with Gasteiger partial charge in [-0.3, -0.25) is 4.90 Å². The molecule has 0 aliphatic carbocycles. The molecule has 3 heteroatoms. The van der Waals surface area contributed by atoms with Gasteiger partial charge in [-0.05, 0) is 11.5 Å². The number of aliphatic carboxylic acids is 1. The average Bonchev–Trinajstić information content (AvgIpc) is 2.61. The van der Waals surface area contributed by atoms with Crippen molar-refractivity contribution in [3.63, 3.8) is 0 Å². The monoisotopic (exact) mass is 218 g/mol. The quantitative estimate of drug-likeness (QED) is 0.742. The van der Waals surface area contributed by atoms with Crippen LogP contribution in [0.15, 0.2) is 30.3 Å². The number of hydrogen-bond acceptors (Lipinski definition) is 3. The molecule has 0 amide bonds. The zero-order valence-electron chi connectivity index (χ0n) is 9.43. The Bertz CT molecular complexity index is 363. The van der Waals surface area contributed by atoms with Crippen LogP contribution < -0.4 is 5.11 Å². The van der Waals surface area contributed by atoms with E-state index >= 15 is 0 Å². The van der Waals surface area contributed by atoms with Crippen molar-refractivity contribution in [2.75, 3.05) is 13.1 Å². The zero-order valence-corrected chi connectivity index (χ0v) is 9.43. The van der Waals surface area contributed by atoms with Crippen LogP contribution in [0.2, 0.25) is 0 Å². The third-order valence-electron chi connectivity index (χ3n) is 3.24. The van der Waals surface area contributed by atoms with Crippen LogP contribution in [0.3, 0.4) is 0 Å². The Kier molecular flexibility index (Phi) is 3.25. The van der Waals surface area contributed by atoms with Crippen molar-refractivity contribution >= 4 is 5.97 Å². The lowest BCUT2D eigenvalue weighted by atomic mass is 9.99. The predicted molar refractivity (Wildman–Crippen MR) is 59.4 cm³/mol. The van der Waals surface area contributed by atoms with Crippen molar-refractivity contribution in [3.8, 4) is 0 Å². The van der Waals surface area contributed by atoms with E-state index in [9.17, 15) is 9.90 Å². The largest absolute Gasteiger partial charge is 0.550 e. The van der Waals surface area contributed by atoms with Gasteiger partial charge in [0, 0.05) is 31.5 Å². The number of carbonyl (C=O) groups is 1. The fraction of sp³-hybridized carbons (Fsp3) is 0.462. The first kappa shape index (κ1) is 11.1. The van der Waals surface area contributed by atoms with Crippen molar-refractivity contribution in [2.24, 2.45) is 11.8 Å². The number of benzene rings is 1. The highest BCUT2D eigenvalue weighted by atomic mass is 16.4. The van der Waals surface area contributed by atoms with Crippen LogP contribution in [0.4, 0.5) is 0 Å².